The van der Waals surface area contributed by atoms with Crippen molar-refractivity contribution >= 4 is 34.5 Å². The van der Waals surface area contributed by atoms with Gasteiger partial charge in [-0.1, -0.05) is 31.2 Å². The monoisotopic (exact) mass is 474 g/mol. The predicted octanol–water partition coefficient (Wildman–Crippen LogP) is 5.68. The van der Waals surface area contributed by atoms with Crippen molar-refractivity contribution in [1.82, 2.24) is 14.6 Å². The standard InChI is InChI=1S/C26H26N4O3S/c1-16-4-6-19(7-5-16)25(31)28-21-14-22(34-24(21)26(32)33-2)18-10-8-17(9-11-18)20-15-23-27-12-3-13-30(23)29-20/h3,8-16,19H,4-7H2,1-2H3,(H,28,31)/t16-,19-. The van der Waals surface area contributed by atoms with E-state index in [9.17, 15) is 9.59 Å². The van der Waals surface area contributed by atoms with Crippen LogP contribution in [-0.2, 0) is 9.53 Å². The number of nitrogens with zero attached hydrogens (tertiary/aromatic N) is 3. The molecule has 0 saturated heterocycles. The number of methoxy groups -OCH3 is 1. The van der Waals surface area contributed by atoms with Gasteiger partial charge in [0.15, 0.2) is 5.65 Å². The third-order valence-corrected chi connectivity index (χ3v) is 7.61. The smallest absolute Gasteiger partial charge is 0.350 e. The summed E-state index contributed by atoms with van der Waals surface area (Å²) in [4.78, 5) is 30.9. The zero-order chi connectivity index (χ0) is 23.7. The first-order valence-corrected chi connectivity index (χ1v) is 12.3. The van der Waals surface area contributed by atoms with Gasteiger partial charge in [-0.2, -0.15) is 5.10 Å². The van der Waals surface area contributed by atoms with Gasteiger partial charge in [0, 0.05) is 34.8 Å². The maximum Gasteiger partial charge on any atom is 0.350 e. The van der Waals surface area contributed by atoms with Gasteiger partial charge in [0.1, 0.15) is 4.88 Å². The van der Waals surface area contributed by atoms with Crippen LogP contribution in [0.25, 0.3) is 27.3 Å². The molecule has 1 fully saturated rings. The summed E-state index contributed by atoms with van der Waals surface area (Å²) in [6, 6.07) is 13.6. The Labute approximate surface area is 201 Å². The van der Waals surface area contributed by atoms with E-state index >= 15 is 0 Å². The Balaban J connectivity index is 1.39. The minimum Gasteiger partial charge on any atom is -0.465 e. The van der Waals surface area contributed by atoms with Crippen LogP contribution >= 0.6 is 11.3 Å². The van der Waals surface area contributed by atoms with E-state index in [1.807, 2.05) is 48.7 Å². The zero-order valence-electron chi connectivity index (χ0n) is 19.2. The highest BCUT2D eigenvalue weighted by atomic mass is 32.1. The summed E-state index contributed by atoms with van der Waals surface area (Å²) in [7, 11) is 1.36. The van der Waals surface area contributed by atoms with Crippen molar-refractivity contribution < 1.29 is 14.3 Å². The van der Waals surface area contributed by atoms with Crippen molar-refractivity contribution in [3.05, 3.63) is 59.7 Å². The summed E-state index contributed by atoms with van der Waals surface area (Å²) in [6.45, 7) is 2.23. The van der Waals surface area contributed by atoms with E-state index in [0.717, 1.165) is 53.0 Å². The lowest BCUT2D eigenvalue weighted by Gasteiger charge is -2.25. The molecule has 3 aromatic heterocycles. The Morgan fingerprint density at radius 2 is 1.82 bits per heavy atom. The second kappa shape index (κ2) is 9.38. The maximum atomic E-state index is 12.9. The van der Waals surface area contributed by atoms with Crippen molar-refractivity contribution in [1.29, 1.82) is 0 Å². The first-order chi connectivity index (χ1) is 16.5. The lowest BCUT2D eigenvalue weighted by atomic mass is 9.82. The molecule has 7 nitrogen and oxygen atoms in total. The number of aromatic nitrogens is 3. The number of carbonyl (C=O) groups is 2. The van der Waals surface area contributed by atoms with E-state index in [-0.39, 0.29) is 11.8 Å². The van der Waals surface area contributed by atoms with Crippen LogP contribution in [0.1, 0.15) is 42.3 Å². The van der Waals surface area contributed by atoms with Crippen LogP contribution in [0.2, 0.25) is 0 Å². The van der Waals surface area contributed by atoms with E-state index in [1.54, 1.807) is 10.7 Å². The zero-order valence-corrected chi connectivity index (χ0v) is 20.0. The van der Waals surface area contributed by atoms with Crippen LogP contribution in [0.4, 0.5) is 5.69 Å². The van der Waals surface area contributed by atoms with Gasteiger partial charge in [-0.3, -0.25) is 4.79 Å². The van der Waals surface area contributed by atoms with Gasteiger partial charge in [0.05, 0.1) is 18.5 Å². The Morgan fingerprint density at radius 1 is 1.09 bits per heavy atom. The number of anilines is 1. The third kappa shape index (κ3) is 4.46. The van der Waals surface area contributed by atoms with E-state index in [4.69, 9.17) is 4.74 Å². The number of ether oxygens (including phenoxy) is 1. The molecule has 4 aromatic rings. The highest BCUT2D eigenvalue weighted by Crippen LogP contribution is 2.37. The van der Waals surface area contributed by atoms with Crippen LogP contribution in [0.5, 0.6) is 0 Å². The molecular formula is C26H26N4O3S. The van der Waals surface area contributed by atoms with E-state index in [1.165, 1.54) is 18.4 Å². The molecule has 8 heteroatoms. The van der Waals surface area contributed by atoms with Gasteiger partial charge in [-0.05, 0) is 49.3 Å². The molecule has 174 valence electrons. The maximum absolute atomic E-state index is 12.9. The number of hydrogen-bond acceptors (Lipinski definition) is 6. The Kier molecular flexibility index (Phi) is 6.15. The molecule has 0 bridgehead atoms. The number of benzene rings is 1. The van der Waals surface area contributed by atoms with E-state index in [0.29, 0.717) is 16.5 Å². The average molecular weight is 475 g/mol. The first-order valence-electron chi connectivity index (χ1n) is 11.5. The molecule has 0 spiro atoms. The summed E-state index contributed by atoms with van der Waals surface area (Å²) in [6.07, 6.45) is 7.50. The number of thiophene rings is 1. The predicted molar refractivity (Wildman–Crippen MR) is 133 cm³/mol. The fourth-order valence-electron chi connectivity index (χ4n) is 4.40. The number of carbonyl (C=O) groups excluding carboxylic acids is 2. The SMILES string of the molecule is COC(=O)c1sc(-c2ccc(-c3cc4ncccn4n3)cc2)cc1NC(=O)[C@H]1CC[C@H](C)CC1. The van der Waals surface area contributed by atoms with Crippen LogP contribution in [-0.4, -0.2) is 33.6 Å². The van der Waals surface area contributed by atoms with Crippen LogP contribution in [0, 0.1) is 11.8 Å². The number of hydrogen-bond donors (Lipinski definition) is 1. The minimum absolute atomic E-state index is 0.00995. The summed E-state index contributed by atoms with van der Waals surface area (Å²) < 4.78 is 6.72. The van der Waals surface area contributed by atoms with Crippen molar-refractivity contribution in [3.63, 3.8) is 0 Å². The molecule has 1 saturated carbocycles. The van der Waals surface area contributed by atoms with E-state index < -0.39 is 5.97 Å². The summed E-state index contributed by atoms with van der Waals surface area (Å²) in [5.74, 6) is 0.196. The Bertz CT molecular complexity index is 1300. The fourth-order valence-corrected chi connectivity index (χ4v) is 5.44. The van der Waals surface area contributed by atoms with Gasteiger partial charge in [-0.15, -0.1) is 11.3 Å². The highest BCUT2D eigenvalue weighted by Gasteiger charge is 2.26. The minimum atomic E-state index is -0.447. The van der Waals surface area contributed by atoms with Gasteiger partial charge in [0.2, 0.25) is 5.91 Å². The Hall–Kier alpha value is -3.52. The second-order valence-electron chi connectivity index (χ2n) is 8.82. The number of amides is 1. The van der Waals surface area contributed by atoms with Gasteiger partial charge in [-0.25, -0.2) is 14.3 Å². The van der Waals surface area contributed by atoms with Crippen molar-refractivity contribution in [2.75, 3.05) is 12.4 Å². The van der Waals surface area contributed by atoms with Crippen LogP contribution in [0.15, 0.2) is 54.9 Å². The largest absolute Gasteiger partial charge is 0.465 e. The summed E-state index contributed by atoms with van der Waals surface area (Å²) >= 11 is 1.32. The second-order valence-corrected chi connectivity index (χ2v) is 9.87. The molecule has 1 amide bonds. The summed E-state index contributed by atoms with van der Waals surface area (Å²) in [5.41, 5.74) is 4.06. The Morgan fingerprint density at radius 3 is 2.53 bits per heavy atom. The lowest BCUT2D eigenvalue weighted by molar-refractivity contribution is -0.121. The number of rotatable bonds is 5. The van der Waals surface area contributed by atoms with Crippen molar-refractivity contribution in [2.45, 2.75) is 32.6 Å². The van der Waals surface area contributed by atoms with Gasteiger partial charge in [0.25, 0.3) is 0 Å². The highest BCUT2D eigenvalue weighted by molar-refractivity contribution is 7.18. The van der Waals surface area contributed by atoms with Gasteiger partial charge < -0.3 is 10.1 Å². The molecule has 1 aliphatic carbocycles. The molecule has 34 heavy (non-hydrogen) atoms. The molecule has 1 aliphatic rings. The number of esters is 1. The number of nitrogens with one attached hydrogen (secondary N) is 1. The third-order valence-electron chi connectivity index (χ3n) is 6.45. The van der Waals surface area contributed by atoms with Crippen LogP contribution in [0.3, 0.4) is 0 Å². The van der Waals surface area contributed by atoms with Crippen LogP contribution < -0.4 is 5.32 Å². The molecule has 0 atom stereocenters. The van der Waals surface area contributed by atoms with Gasteiger partial charge >= 0.3 is 5.97 Å². The normalized spacial score (nSPS) is 18.1. The average Bonchev–Trinajstić information content (AvgIpc) is 3.48. The molecule has 1 N–H and O–H groups in total. The molecular weight excluding hydrogens is 448 g/mol. The molecule has 5 rings (SSSR count). The first kappa shape index (κ1) is 22.3. The lowest BCUT2D eigenvalue weighted by Crippen LogP contribution is -2.27. The quantitative estimate of drug-likeness (QED) is 0.376. The van der Waals surface area contributed by atoms with Crippen molar-refractivity contribution in [2.24, 2.45) is 11.8 Å². The number of fused-ring (bicyclic) bond motifs is 1. The van der Waals surface area contributed by atoms with E-state index in [2.05, 4.69) is 22.3 Å². The molecule has 0 radical (unpaired) electrons. The molecule has 0 aliphatic heterocycles. The molecule has 1 aromatic carbocycles. The van der Waals surface area contributed by atoms with Crippen molar-refractivity contribution in [3.8, 4) is 21.7 Å². The fraction of sp³-hybridized carbons (Fsp3) is 0.308. The molecule has 3 heterocycles. The summed E-state index contributed by atoms with van der Waals surface area (Å²) in [5, 5.41) is 7.57. The molecule has 0 unspecified atom stereocenters. The topological polar surface area (TPSA) is 85.6 Å².